The maximum Gasteiger partial charge on any atom is 0.418 e. The first-order valence-corrected chi connectivity index (χ1v) is 9.67. The molecule has 1 unspecified atom stereocenters. The Morgan fingerprint density at radius 3 is 2.59 bits per heavy atom. The van der Waals surface area contributed by atoms with Crippen LogP contribution in [0.4, 0.5) is 18.9 Å². The molecule has 1 fully saturated rings. The summed E-state index contributed by atoms with van der Waals surface area (Å²) in [7, 11) is 0. The number of amides is 1. The first-order chi connectivity index (χ1) is 12.8. The summed E-state index contributed by atoms with van der Waals surface area (Å²) < 4.78 is 38.9. The fraction of sp³-hybridized carbons (Fsp3) is 0.650. The van der Waals surface area contributed by atoms with Crippen LogP contribution in [0.1, 0.15) is 45.1 Å². The molecule has 1 aromatic carbocycles. The quantitative estimate of drug-likeness (QED) is 0.661. The van der Waals surface area contributed by atoms with Crippen molar-refractivity contribution in [2.75, 3.05) is 31.5 Å². The second-order valence-corrected chi connectivity index (χ2v) is 7.53. The summed E-state index contributed by atoms with van der Waals surface area (Å²) in [6.45, 7) is 8.29. The van der Waals surface area contributed by atoms with E-state index in [2.05, 4.69) is 22.5 Å². The van der Waals surface area contributed by atoms with E-state index in [-0.39, 0.29) is 18.2 Å². The number of nitrogens with one attached hydrogen (secondary N) is 2. The Balaban J connectivity index is 1.69. The first-order valence-electron chi connectivity index (χ1n) is 9.67. The van der Waals surface area contributed by atoms with Crippen molar-refractivity contribution in [3.8, 4) is 0 Å². The zero-order valence-electron chi connectivity index (χ0n) is 16.1. The van der Waals surface area contributed by atoms with Gasteiger partial charge in [0, 0.05) is 12.5 Å². The van der Waals surface area contributed by atoms with Gasteiger partial charge < -0.3 is 15.5 Å². The van der Waals surface area contributed by atoms with Gasteiger partial charge in [0.2, 0.25) is 5.91 Å². The molecule has 1 aliphatic heterocycles. The third-order valence-corrected chi connectivity index (χ3v) is 5.02. The third kappa shape index (κ3) is 7.50. The lowest BCUT2D eigenvalue weighted by atomic mass is 9.99. The zero-order valence-corrected chi connectivity index (χ0v) is 16.1. The first kappa shape index (κ1) is 21.7. The number of anilines is 1. The Morgan fingerprint density at radius 1 is 1.26 bits per heavy atom. The number of para-hydroxylation sites is 1. The molecule has 0 aliphatic carbocycles. The zero-order chi connectivity index (χ0) is 19.9. The van der Waals surface area contributed by atoms with Gasteiger partial charge in [0.1, 0.15) is 0 Å². The van der Waals surface area contributed by atoms with E-state index in [0.717, 1.165) is 44.6 Å². The average Bonchev–Trinajstić information content (AvgIpc) is 2.59. The molecule has 1 amide bonds. The van der Waals surface area contributed by atoms with Gasteiger partial charge in [-0.15, -0.1) is 0 Å². The fourth-order valence-corrected chi connectivity index (χ4v) is 3.33. The van der Waals surface area contributed by atoms with Crippen molar-refractivity contribution >= 4 is 11.6 Å². The lowest BCUT2D eigenvalue weighted by Crippen LogP contribution is -2.36. The molecule has 2 N–H and O–H groups in total. The Morgan fingerprint density at radius 2 is 1.93 bits per heavy atom. The average molecular weight is 385 g/mol. The number of halogens is 3. The normalized spacial score (nSPS) is 17.7. The fourth-order valence-electron chi connectivity index (χ4n) is 3.33. The molecule has 2 rings (SSSR count). The second-order valence-electron chi connectivity index (χ2n) is 7.53. The summed E-state index contributed by atoms with van der Waals surface area (Å²) in [5.74, 6) is 0.400. The molecule has 0 aromatic heterocycles. The molecule has 4 nitrogen and oxygen atoms in total. The minimum Gasteiger partial charge on any atom is -0.325 e. The van der Waals surface area contributed by atoms with Crippen LogP contribution in [0.3, 0.4) is 0 Å². The minimum absolute atomic E-state index is 0.0931. The highest BCUT2D eigenvalue weighted by molar-refractivity contribution is 5.92. The molecule has 0 spiro atoms. The van der Waals surface area contributed by atoms with Crippen molar-refractivity contribution in [3.05, 3.63) is 29.8 Å². The smallest absolute Gasteiger partial charge is 0.325 e. The second kappa shape index (κ2) is 10.1. The Labute approximate surface area is 159 Å². The molecule has 152 valence electrons. The number of hydrogen-bond donors (Lipinski definition) is 2. The van der Waals surface area contributed by atoms with Crippen molar-refractivity contribution in [2.24, 2.45) is 5.92 Å². The minimum atomic E-state index is -4.49. The molecular formula is C20H30F3N3O. The van der Waals surface area contributed by atoms with Crippen molar-refractivity contribution < 1.29 is 18.0 Å². The van der Waals surface area contributed by atoms with Gasteiger partial charge in [-0.25, -0.2) is 0 Å². The molecule has 1 aromatic rings. The van der Waals surface area contributed by atoms with E-state index < -0.39 is 17.6 Å². The summed E-state index contributed by atoms with van der Waals surface area (Å²) in [5.41, 5.74) is -1.02. The third-order valence-electron chi connectivity index (χ3n) is 5.02. The molecule has 0 radical (unpaired) electrons. The molecule has 1 atom stereocenters. The highest BCUT2D eigenvalue weighted by Crippen LogP contribution is 2.34. The van der Waals surface area contributed by atoms with Gasteiger partial charge in [0.05, 0.1) is 11.3 Å². The summed E-state index contributed by atoms with van der Waals surface area (Å²) in [6, 6.07) is 4.95. The predicted molar refractivity (Wildman–Crippen MR) is 102 cm³/mol. The van der Waals surface area contributed by atoms with Crippen molar-refractivity contribution in [3.63, 3.8) is 0 Å². The maximum atomic E-state index is 13.0. The Bertz CT molecular complexity index is 598. The lowest BCUT2D eigenvalue weighted by molar-refractivity contribution is -0.137. The number of likely N-dealkylation sites (tertiary alicyclic amines) is 1. The van der Waals surface area contributed by atoms with Gasteiger partial charge in [-0.3, -0.25) is 4.79 Å². The molecule has 1 saturated heterocycles. The van der Waals surface area contributed by atoms with Gasteiger partial charge in [-0.05, 0) is 70.4 Å². The van der Waals surface area contributed by atoms with Crippen LogP contribution in [0.25, 0.3) is 0 Å². The van der Waals surface area contributed by atoms with E-state index in [1.807, 2.05) is 6.92 Å². The van der Waals surface area contributed by atoms with Gasteiger partial charge in [0.15, 0.2) is 0 Å². The largest absolute Gasteiger partial charge is 0.418 e. The SMILES string of the molecule is CC1CCN(CCCNC(C)CC(=O)Nc2ccccc2C(F)(F)F)CC1. The number of piperidine rings is 1. The maximum absolute atomic E-state index is 13.0. The standard InChI is InChI=1S/C20H30F3N3O/c1-15-8-12-26(13-9-15)11-5-10-24-16(2)14-19(27)25-18-7-4-3-6-17(18)20(21,22)23/h3-4,6-7,15-16,24H,5,8-14H2,1-2H3,(H,25,27). The molecule has 27 heavy (non-hydrogen) atoms. The highest BCUT2D eigenvalue weighted by atomic mass is 19.4. The van der Waals surface area contributed by atoms with Gasteiger partial charge in [0.25, 0.3) is 0 Å². The summed E-state index contributed by atoms with van der Waals surface area (Å²) in [5, 5.41) is 5.67. The molecule has 1 heterocycles. The molecule has 0 saturated carbocycles. The van der Waals surface area contributed by atoms with Crippen LogP contribution in [-0.2, 0) is 11.0 Å². The molecule has 1 aliphatic rings. The van der Waals surface area contributed by atoms with Crippen LogP contribution in [0.15, 0.2) is 24.3 Å². The van der Waals surface area contributed by atoms with E-state index in [0.29, 0.717) is 0 Å². The summed E-state index contributed by atoms with van der Waals surface area (Å²) in [4.78, 5) is 14.6. The van der Waals surface area contributed by atoms with Gasteiger partial charge >= 0.3 is 6.18 Å². The van der Waals surface area contributed by atoms with Crippen LogP contribution in [0.5, 0.6) is 0 Å². The van der Waals surface area contributed by atoms with Crippen LogP contribution < -0.4 is 10.6 Å². The van der Waals surface area contributed by atoms with Crippen LogP contribution >= 0.6 is 0 Å². The number of hydrogen-bond acceptors (Lipinski definition) is 3. The lowest BCUT2D eigenvalue weighted by Gasteiger charge is -2.30. The van der Waals surface area contributed by atoms with E-state index >= 15 is 0 Å². The van der Waals surface area contributed by atoms with Crippen molar-refractivity contribution in [1.29, 1.82) is 0 Å². The monoisotopic (exact) mass is 385 g/mol. The van der Waals surface area contributed by atoms with Crippen LogP contribution in [0.2, 0.25) is 0 Å². The predicted octanol–water partition coefficient (Wildman–Crippen LogP) is 4.13. The molecule has 7 heteroatoms. The molecule has 0 bridgehead atoms. The van der Waals surface area contributed by atoms with Crippen molar-refractivity contribution in [1.82, 2.24) is 10.2 Å². The topological polar surface area (TPSA) is 44.4 Å². The number of carbonyl (C=O) groups excluding carboxylic acids is 1. The summed E-state index contributed by atoms with van der Waals surface area (Å²) in [6.07, 6.45) is -0.850. The number of alkyl halides is 3. The van der Waals surface area contributed by atoms with Gasteiger partial charge in [-0.1, -0.05) is 19.1 Å². The summed E-state index contributed by atoms with van der Waals surface area (Å²) >= 11 is 0. The van der Waals surface area contributed by atoms with Crippen LogP contribution in [-0.4, -0.2) is 43.0 Å². The van der Waals surface area contributed by atoms with E-state index in [4.69, 9.17) is 0 Å². The number of benzene rings is 1. The number of carbonyl (C=O) groups is 1. The van der Waals surface area contributed by atoms with E-state index in [9.17, 15) is 18.0 Å². The van der Waals surface area contributed by atoms with Gasteiger partial charge in [-0.2, -0.15) is 13.2 Å². The van der Waals surface area contributed by atoms with Crippen LogP contribution in [0, 0.1) is 5.92 Å². The molecular weight excluding hydrogens is 355 g/mol. The number of rotatable bonds is 8. The Hall–Kier alpha value is -1.60. The van der Waals surface area contributed by atoms with Crippen molar-refractivity contribution in [2.45, 2.75) is 51.7 Å². The van der Waals surface area contributed by atoms with E-state index in [1.165, 1.54) is 31.0 Å². The highest BCUT2D eigenvalue weighted by Gasteiger charge is 2.33. The Kier molecular flexibility index (Phi) is 8.10. The van der Waals surface area contributed by atoms with E-state index in [1.54, 1.807) is 0 Å². The number of nitrogens with zero attached hydrogens (tertiary/aromatic N) is 1.